The average molecular weight is 731 g/mol. The van der Waals surface area contributed by atoms with Crippen molar-refractivity contribution in [2.75, 3.05) is 0 Å². The lowest BCUT2D eigenvalue weighted by atomic mass is 9.61. The Kier molecular flexibility index (Phi) is 11.7. The van der Waals surface area contributed by atoms with Gasteiger partial charge in [0.25, 0.3) is 0 Å². The van der Waals surface area contributed by atoms with E-state index in [2.05, 4.69) is 137 Å². The van der Waals surface area contributed by atoms with Crippen molar-refractivity contribution < 1.29 is 14.0 Å². The first kappa shape index (κ1) is 40.7. The summed E-state index contributed by atoms with van der Waals surface area (Å²) in [7, 11) is -3.95. The number of rotatable bonds is 10. The molecule has 4 aliphatic carbocycles. The van der Waals surface area contributed by atoms with Gasteiger partial charge in [-0.1, -0.05) is 122 Å². The quantitative estimate of drug-likeness (QED) is 0.192. The topological polar surface area (TPSA) is 38.7 Å². The van der Waals surface area contributed by atoms with E-state index in [0.29, 0.717) is 17.8 Å². The van der Waals surface area contributed by atoms with E-state index in [1.54, 1.807) is 5.57 Å². The molecule has 0 unspecified atom stereocenters. The molecule has 4 fully saturated rings. The summed E-state index contributed by atoms with van der Waals surface area (Å²) in [5.74, 6) is 1.69. The Morgan fingerprint density at radius 3 is 2.08 bits per heavy atom. The molecule has 5 rings (SSSR count). The normalized spacial score (nSPS) is 31.7. The Morgan fingerprint density at radius 2 is 1.49 bits per heavy atom. The Labute approximate surface area is 315 Å². The third-order valence-electron chi connectivity index (χ3n) is 15.0. The van der Waals surface area contributed by atoms with Gasteiger partial charge in [0.15, 0.2) is 16.6 Å². The molecule has 4 saturated carbocycles. The van der Waals surface area contributed by atoms with Crippen LogP contribution in [0.3, 0.4) is 0 Å². The first-order chi connectivity index (χ1) is 23.5. The minimum atomic E-state index is -2.00. The zero-order chi connectivity index (χ0) is 37.8. The maximum Gasteiger partial charge on any atom is 0.192 e. The van der Waals surface area contributed by atoms with Gasteiger partial charge in [-0.25, -0.2) is 0 Å². The van der Waals surface area contributed by atoms with E-state index in [-0.39, 0.29) is 33.1 Å². The minimum Gasteiger partial charge on any atom is -0.413 e. The van der Waals surface area contributed by atoms with Gasteiger partial charge in [-0.05, 0) is 134 Å². The molecule has 3 nitrogen and oxygen atoms in total. The van der Waals surface area contributed by atoms with Crippen LogP contribution in [0.2, 0.25) is 36.3 Å². The molecule has 4 aliphatic rings. The van der Waals surface area contributed by atoms with E-state index < -0.39 is 22.7 Å². The van der Waals surface area contributed by atoms with Crippen LogP contribution < -0.4 is 0 Å². The number of aryl methyl sites for hydroxylation is 1. The molecule has 0 aromatic heterocycles. The van der Waals surface area contributed by atoms with Gasteiger partial charge in [-0.3, -0.25) is 0 Å². The van der Waals surface area contributed by atoms with Crippen molar-refractivity contribution in [3.63, 3.8) is 0 Å². The fraction of sp³-hybridized carbons (Fsp3) is 0.696. The highest BCUT2D eigenvalue weighted by atomic mass is 28.4. The average Bonchev–Trinajstić information content (AvgIpc) is 3.75. The van der Waals surface area contributed by atoms with Crippen molar-refractivity contribution in [2.45, 2.75) is 180 Å². The second-order valence-electron chi connectivity index (χ2n) is 20.6. The first-order valence-electron chi connectivity index (χ1n) is 20.4. The second-order valence-corrected chi connectivity index (χ2v) is 30.1. The molecule has 1 aromatic carbocycles. The predicted octanol–water partition coefficient (Wildman–Crippen LogP) is 12.8. The van der Waals surface area contributed by atoms with Crippen LogP contribution in [-0.4, -0.2) is 40.1 Å². The third kappa shape index (κ3) is 8.43. The predicted molar refractivity (Wildman–Crippen MR) is 223 cm³/mol. The van der Waals surface area contributed by atoms with Crippen LogP contribution in [0.1, 0.15) is 124 Å². The molecule has 0 heterocycles. The van der Waals surface area contributed by atoms with Crippen molar-refractivity contribution in [2.24, 2.45) is 23.2 Å². The maximum atomic E-state index is 11.4. The largest absolute Gasteiger partial charge is 0.413 e. The molecule has 0 aliphatic heterocycles. The smallest absolute Gasteiger partial charge is 0.192 e. The molecule has 0 spiro atoms. The molecule has 1 N–H and O–H groups in total. The molecular formula is C46H74O3Si2. The van der Waals surface area contributed by atoms with Crippen LogP contribution in [0, 0.1) is 30.1 Å². The summed E-state index contributed by atoms with van der Waals surface area (Å²) in [4.78, 5) is 0. The Bertz CT molecular complexity index is 1500. The summed E-state index contributed by atoms with van der Waals surface area (Å²) < 4.78 is 14.2. The number of hydrogen-bond acceptors (Lipinski definition) is 3. The number of allylic oxidation sites excluding steroid dienone is 4. The van der Waals surface area contributed by atoms with E-state index in [1.807, 2.05) is 0 Å². The number of hydrogen-bond donors (Lipinski definition) is 1. The molecule has 1 aromatic rings. The van der Waals surface area contributed by atoms with Gasteiger partial charge >= 0.3 is 0 Å². The van der Waals surface area contributed by atoms with Crippen LogP contribution in [0.5, 0.6) is 0 Å². The van der Waals surface area contributed by atoms with E-state index in [9.17, 15) is 5.11 Å². The van der Waals surface area contributed by atoms with Crippen LogP contribution >= 0.6 is 0 Å². The molecular weight excluding hydrogens is 657 g/mol. The van der Waals surface area contributed by atoms with Crippen molar-refractivity contribution in [1.82, 2.24) is 0 Å². The van der Waals surface area contributed by atoms with E-state index in [0.717, 1.165) is 25.7 Å². The summed E-state index contributed by atoms with van der Waals surface area (Å²) in [6.45, 7) is 35.4. The molecule has 5 heteroatoms. The van der Waals surface area contributed by atoms with Crippen LogP contribution in [0.4, 0.5) is 0 Å². The van der Waals surface area contributed by atoms with Crippen molar-refractivity contribution in [3.05, 3.63) is 83.0 Å². The van der Waals surface area contributed by atoms with Gasteiger partial charge in [0.1, 0.15) is 0 Å². The molecule has 0 saturated heterocycles. The van der Waals surface area contributed by atoms with E-state index >= 15 is 0 Å². The van der Waals surface area contributed by atoms with Crippen molar-refractivity contribution in [3.8, 4) is 0 Å². The molecule has 0 bridgehead atoms. The highest BCUT2D eigenvalue weighted by molar-refractivity contribution is 6.74. The van der Waals surface area contributed by atoms with Crippen molar-refractivity contribution >= 4 is 16.6 Å². The van der Waals surface area contributed by atoms with Gasteiger partial charge in [0.2, 0.25) is 0 Å². The van der Waals surface area contributed by atoms with Crippen molar-refractivity contribution in [1.29, 1.82) is 0 Å². The van der Waals surface area contributed by atoms with E-state index in [1.165, 1.54) is 54.4 Å². The van der Waals surface area contributed by atoms with E-state index in [4.69, 9.17) is 15.4 Å². The number of fused-ring (bicyclic) bond motifs is 1. The summed E-state index contributed by atoms with van der Waals surface area (Å²) >= 11 is 0. The maximum absolute atomic E-state index is 11.4. The molecule has 0 radical (unpaired) electrons. The summed E-state index contributed by atoms with van der Waals surface area (Å²) in [6.07, 6.45) is 19.4. The summed E-state index contributed by atoms with van der Waals surface area (Å²) in [6, 6.07) is 8.82. The lowest BCUT2D eigenvalue weighted by molar-refractivity contribution is 0.0969. The standard InChI is InChI=1S/C46H74O3Si2/c1-32-17-22-37(23-18-32)46(28-29-46)42(47)26-19-33(2)39-24-25-40-35(16-15-27-45(39,40)10)20-21-36-30-38(48-50(11,12)43(4,5)6)31-41(34(36)3)49-51(13,14)44(7,8)9/h17-23,26,33,38-42,47H,3,15-16,24-25,27-31H2,1-2,4-14H3/b26-19+,35-20+,36-21-/t33-,38-,39-,40+,41+,42-,45-/m1/s1. The molecule has 0 amide bonds. The molecule has 51 heavy (non-hydrogen) atoms. The van der Waals surface area contributed by atoms with Crippen LogP contribution in [-0.2, 0) is 14.3 Å². The highest BCUT2D eigenvalue weighted by Crippen LogP contribution is 2.60. The molecule has 284 valence electrons. The van der Waals surface area contributed by atoms with Crippen LogP contribution in [0.15, 0.2) is 71.9 Å². The lowest BCUT2D eigenvalue weighted by Crippen LogP contribution is -2.49. The second kappa shape index (κ2) is 14.6. The fourth-order valence-corrected chi connectivity index (χ4v) is 12.0. The summed E-state index contributed by atoms with van der Waals surface area (Å²) in [5, 5.41) is 11.7. The third-order valence-corrected chi connectivity index (χ3v) is 24.0. The van der Waals surface area contributed by atoms with Gasteiger partial charge in [0.05, 0.1) is 18.3 Å². The van der Waals surface area contributed by atoms with Gasteiger partial charge in [-0.2, -0.15) is 0 Å². The monoisotopic (exact) mass is 731 g/mol. The minimum absolute atomic E-state index is 0.00955. The van der Waals surface area contributed by atoms with Crippen LogP contribution in [0.25, 0.3) is 0 Å². The SMILES string of the molecule is C=C1/C(=C\C=C2/CCC[C@]3(C)[C@@H]([C@H](C)/C=C/[C@@H](O)C4(c5ccc(C)cc5)CC4)CC[C@@H]23)C[C@@H](O[Si](C)(C)C(C)(C)C)C[C@@H]1O[Si](C)(C)C(C)(C)C. The first-order valence-corrected chi connectivity index (χ1v) is 26.2. The number of aliphatic hydroxyl groups is 1. The lowest BCUT2D eigenvalue weighted by Gasteiger charge is -2.45. The summed E-state index contributed by atoms with van der Waals surface area (Å²) in [5.41, 5.74) is 6.90. The Balaban J connectivity index is 1.34. The molecule has 7 atom stereocenters. The number of benzene rings is 1. The van der Waals surface area contributed by atoms with Gasteiger partial charge in [-0.15, -0.1) is 0 Å². The Hall–Kier alpha value is -1.51. The fourth-order valence-electron chi connectivity index (χ4n) is 9.28. The highest BCUT2D eigenvalue weighted by Gasteiger charge is 2.52. The van der Waals surface area contributed by atoms with Gasteiger partial charge in [0, 0.05) is 11.8 Å². The number of aliphatic hydroxyl groups excluding tert-OH is 1. The zero-order valence-corrected chi connectivity index (χ0v) is 36.9. The Morgan fingerprint density at radius 1 is 0.882 bits per heavy atom. The van der Waals surface area contributed by atoms with Gasteiger partial charge < -0.3 is 14.0 Å². The zero-order valence-electron chi connectivity index (χ0n) is 34.9.